The molecule has 0 aliphatic rings. The molecule has 27 heavy (non-hydrogen) atoms. The van der Waals surface area contributed by atoms with E-state index in [-0.39, 0.29) is 13.0 Å². The van der Waals surface area contributed by atoms with Crippen molar-refractivity contribution in [3.05, 3.63) is 63.9 Å². The highest BCUT2D eigenvalue weighted by Crippen LogP contribution is 2.25. The second-order valence-corrected chi connectivity index (χ2v) is 6.90. The molecule has 140 valence electrons. The Hall–Kier alpha value is -2.79. The number of hydrogen-bond acceptors (Lipinski definition) is 4. The quantitative estimate of drug-likeness (QED) is 0.644. The Morgan fingerprint density at radius 2 is 1.89 bits per heavy atom. The maximum atomic E-state index is 12.1. The lowest BCUT2D eigenvalue weighted by Gasteiger charge is -2.09. The van der Waals surface area contributed by atoms with Crippen molar-refractivity contribution in [1.29, 1.82) is 0 Å². The van der Waals surface area contributed by atoms with Crippen LogP contribution in [0, 0.1) is 20.8 Å². The van der Waals surface area contributed by atoms with E-state index in [0.717, 1.165) is 33.2 Å². The van der Waals surface area contributed by atoms with Gasteiger partial charge in [0, 0.05) is 21.7 Å². The van der Waals surface area contributed by atoms with Gasteiger partial charge in [-0.25, -0.2) is 0 Å². The van der Waals surface area contributed by atoms with E-state index in [9.17, 15) is 9.59 Å². The number of carbonyl (C=O) groups is 2. The minimum absolute atomic E-state index is 0.0406. The van der Waals surface area contributed by atoms with Crippen molar-refractivity contribution in [3.8, 4) is 0 Å². The fourth-order valence-electron chi connectivity index (χ4n) is 2.75. The first-order valence-corrected chi connectivity index (χ1v) is 8.91. The molecule has 0 saturated carbocycles. The van der Waals surface area contributed by atoms with Crippen LogP contribution < -0.4 is 5.32 Å². The SMILES string of the molecule is Cc1cc2occ(CC(=O)OCC(=O)Nc3cccc(Cl)c3C)c2cc1C. The van der Waals surface area contributed by atoms with Crippen molar-refractivity contribution in [3.63, 3.8) is 0 Å². The molecule has 5 nitrogen and oxygen atoms in total. The van der Waals surface area contributed by atoms with Gasteiger partial charge in [0.05, 0.1) is 12.7 Å². The second-order valence-electron chi connectivity index (χ2n) is 6.49. The van der Waals surface area contributed by atoms with Gasteiger partial charge in [0.2, 0.25) is 0 Å². The molecule has 0 spiro atoms. The fraction of sp³-hybridized carbons (Fsp3) is 0.238. The van der Waals surface area contributed by atoms with Gasteiger partial charge in [-0.1, -0.05) is 17.7 Å². The van der Waals surface area contributed by atoms with Crippen LogP contribution in [0.5, 0.6) is 0 Å². The van der Waals surface area contributed by atoms with E-state index >= 15 is 0 Å². The highest BCUT2D eigenvalue weighted by atomic mass is 35.5. The van der Waals surface area contributed by atoms with E-state index in [4.69, 9.17) is 20.8 Å². The Morgan fingerprint density at radius 1 is 1.15 bits per heavy atom. The van der Waals surface area contributed by atoms with Gasteiger partial charge < -0.3 is 14.5 Å². The van der Waals surface area contributed by atoms with E-state index in [2.05, 4.69) is 5.32 Å². The number of ether oxygens (including phenoxy) is 1. The third-order valence-electron chi connectivity index (χ3n) is 4.51. The summed E-state index contributed by atoms with van der Waals surface area (Å²) < 4.78 is 10.6. The zero-order chi connectivity index (χ0) is 19.6. The zero-order valence-electron chi connectivity index (χ0n) is 15.4. The molecule has 0 fully saturated rings. The van der Waals surface area contributed by atoms with Crippen molar-refractivity contribution in [2.75, 3.05) is 11.9 Å². The molecular formula is C21H20ClNO4. The van der Waals surface area contributed by atoms with E-state index < -0.39 is 11.9 Å². The molecule has 1 aromatic heterocycles. The van der Waals surface area contributed by atoms with Crippen LogP contribution in [-0.2, 0) is 20.7 Å². The number of hydrogen-bond donors (Lipinski definition) is 1. The molecule has 0 aliphatic carbocycles. The summed E-state index contributed by atoms with van der Waals surface area (Å²) in [6, 6.07) is 9.16. The maximum Gasteiger partial charge on any atom is 0.310 e. The molecule has 0 radical (unpaired) electrons. The van der Waals surface area contributed by atoms with E-state index in [1.807, 2.05) is 26.0 Å². The molecule has 1 heterocycles. The summed E-state index contributed by atoms with van der Waals surface area (Å²) in [7, 11) is 0. The number of amides is 1. The Balaban J connectivity index is 1.59. The molecule has 0 unspecified atom stereocenters. The van der Waals surface area contributed by atoms with Crippen molar-refractivity contribution in [2.24, 2.45) is 0 Å². The van der Waals surface area contributed by atoms with Crippen molar-refractivity contribution in [2.45, 2.75) is 27.2 Å². The smallest absolute Gasteiger partial charge is 0.310 e. The lowest BCUT2D eigenvalue weighted by Crippen LogP contribution is -2.22. The van der Waals surface area contributed by atoms with Crippen molar-refractivity contribution < 1.29 is 18.7 Å². The summed E-state index contributed by atoms with van der Waals surface area (Å²) in [6.07, 6.45) is 1.60. The average Bonchev–Trinajstić information content (AvgIpc) is 2.99. The van der Waals surface area contributed by atoms with Crippen molar-refractivity contribution >= 4 is 40.1 Å². The normalized spacial score (nSPS) is 10.8. The predicted molar refractivity (Wildman–Crippen MR) is 105 cm³/mol. The summed E-state index contributed by atoms with van der Waals surface area (Å²) in [5.41, 5.74) is 5.07. The van der Waals surface area contributed by atoms with E-state index in [0.29, 0.717) is 10.7 Å². The lowest BCUT2D eigenvalue weighted by molar-refractivity contribution is -0.146. The van der Waals surface area contributed by atoms with E-state index in [1.165, 1.54) is 0 Å². The van der Waals surface area contributed by atoms with Crippen LogP contribution in [0.1, 0.15) is 22.3 Å². The molecule has 2 aromatic carbocycles. The number of rotatable bonds is 5. The monoisotopic (exact) mass is 385 g/mol. The van der Waals surface area contributed by atoms with Crippen LogP contribution in [0.15, 0.2) is 41.0 Å². The molecule has 3 rings (SSSR count). The molecule has 1 amide bonds. The van der Waals surface area contributed by atoms with Crippen LogP contribution in [0.3, 0.4) is 0 Å². The molecule has 0 atom stereocenters. The first-order valence-electron chi connectivity index (χ1n) is 8.53. The largest absolute Gasteiger partial charge is 0.464 e. The number of aryl methyl sites for hydroxylation is 2. The van der Waals surface area contributed by atoms with Crippen LogP contribution in [0.2, 0.25) is 5.02 Å². The fourth-order valence-corrected chi connectivity index (χ4v) is 2.93. The van der Waals surface area contributed by atoms with Crippen LogP contribution >= 0.6 is 11.6 Å². The minimum atomic E-state index is -0.492. The van der Waals surface area contributed by atoms with Gasteiger partial charge in [-0.3, -0.25) is 9.59 Å². The number of benzene rings is 2. The van der Waals surface area contributed by atoms with Gasteiger partial charge in [0.1, 0.15) is 5.58 Å². The number of halogens is 1. The number of fused-ring (bicyclic) bond motifs is 1. The highest BCUT2D eigenvalue weighted by molar-refractivity contribution is 6.31. The first kappa shape index (κ1) is 19.0. The Morgan fingerprint density at radius 3 is 2.67 bits per heavy atom. The number of anilines is 1. The third kappa shape index (κ3) is 4.31. The van der Waals surface area contributed by atoms with Gasteiger partial charge in [0.15, 0.2) is 6.61 Å². The van der Waals surface area contributed by atoms with Gasteiger partial charge in [-0.05, 0) is 61.7 Å². The van der Waals surface area contributed by atoms with Gasteiger partial charge >= 0.3 is 5.97 Å². The maximum absolute atomic E-state index is 12.1. The zero-order valence-corrected chi connectivity index (χ0v) is 16.1. The van der Waals surface area contributed by atoms with Crippen molar-refractivity contribution in [1.82, 2.24) is 0 Å². The predicted octanol–water partition coefficient (Wildman–Crippen LogP) is 4.74. The van der Waals surface area contributed by atoms with Gasteiger partial charge in [0.25, 0.3) is 5.91 Å². The molecule has 0 saturated heterocycles. The number of esters is 1. The summed E-state index contributed by atoms with van der Waals surface area (Å²) >= 11 is 6.03. The van der Waals surface area contributed by atoms with Crippen LogP contribution in [-0.4, -0.2) is 18.5 Å². The number of furan rings is 1. The molecule has 3 aromatic rings. The molecule has 1 N–H and O–H groups in total. The summed E-state index contributed by atoms with van der Waals surface area (Å²) in [4.78, 5) is 24.1. The third-order valence-corrected chi connectivity index (χ3v) is 4.92. The van der Waals surface area contributed by atoms with Crippen LogP contribution in [0.25, 0.3) is 11.0 Å². The highest BCUT2D eigenvalue weighted by Gasteiger charge is 2.14. The Bertz CT molecular complexity index is 1020. The molecular weight excluding hydrogens is 366 g/mol. The minimum Gasteiger partial charge on any atom is -0.464 e. The number of nitrogens with one attached hydrogen (secondary N) is 1. The molecule has 0 aliphatic heterocycles. The summed E-state index contributed by atoms with van der Waals surface area (Å²) in [5, 5.41) is 4.13. The summed E-state index contributed by atoms with van der Waals surface area (Å²) in [5.74, 6) is -0.911. The lowest BCUT2D eigenvalue weighted by atomic mass is 10.0. The first-order chi connectivity index (χ1) is 12.8. The standard InChI is InChI=1S/C21H20ClNO4/c1-12-7-16-15(10-26-19(16)8-13(12)2)9-21(25)27-11-20(24)23-18-6-4-5-17(22)14(18)3/h4-8,10H,9,11H2,1-3H3,(H,23,24). The Kier molecular flexibility index (Phi) is 5.51. The molecule has 6 heteroatoms. The van der Waals surface area contributed by atoms with Crippen LogP contribution in [0.4, 0.5) is 5.69 Å². The summed E-state index contributed by atoms with van der Waals surface area (Å²) in [6.45, 7) is 5.45. The second kappa shape index (κ2) is 7.84. The molecule has 0 bridgehead atoms. The van der Waals surface area contributed by atoms with E-state index in [1.54, 1.807) is 31.4 Å². The van der Waals surface area contributed by atoms with Gasteiger partial charge in [-0.2, -0.15) is 0 Å². The van der Waals surface area contributed by atoms with Gasteiger partial charge in [-0.15, -0.1) is 0 Å². The average molecular weight is 386 g/mol. The number of carbonyl (C=O) groups excluding carboxylic acids is 2. The Labute approximate surface area is 162 Å². The topological polar surface area (TPSA) is 68.5 Å².